The molecule has 0 aliphatic rings. The van der Waals surface area contributed by atoms with Gasteiger partial charge in [-0.1, -0.05) is 29.5 Å². The van der Waals surface area contributed by atoms with Gasteiger partial charge in [0.25, 0.3) is 0 Å². The van der Waals surface area contributed by atoms with Gasteiger partial charge >= 0.3 is 0 Å². The number of pyridine rings is 1. The summed E-state index contributed by atoms with van der Waals surface area (Å²) in [6.45, 7) is 3.36. The molecule has 0 unspecified atom stereocenters. The van der Waals surface area contributed by atoms with Crippen LogP contribution in [0.3, 0.4) is 0 Å². The van der Waals surface area contributed by atoms with Crippen molar-refractivity contribution in [2.75, 3.05) is 11.9 Å². The Labute approximate surface area is 131 Å². The van der Waals surface area contributed by atoms with Crippen molar-refractivity contribution in [3.8, 4) is 16.6 Å². The molecule has 0 saturated carbocycles. The Morgan fingerprint density at radius 2 is 2.23 bits per heavy atom. The molecule has 0 saturated heterocycles. The van der Waals surface area contributed by atoms with Crippen LogP contribution in [0.2, 0.25) is 0 Å². The molecule has 0 amide bonds. The van der Waals surface area contributed by atoms with E-state index in [0.717, 1.165) is 22.1 Å². The highest BCUT2D eigenvalue weighted by Crippen LogP contribution is 2.25. The maximum Gasteiger partial charge on any atom is 0.213 e. The van der Waals surface area contributed by atoms with E-state index in [1.807, 2.05) is 12.1 Å². The summed E-state index contributed by atoms with van der Waals surface area (Å²) < 4.78 is 10.2. The third kappa shape index (κ3) is 3.59. The summed E-state index contributed by atoms with van der Waals surface area (Å²) in [6.07, 6.45) is 4.27. The van der Waals surface area contributed by atoms with Crippen molar-refractivity contribution < 1.29 is 9.26 Å². The summed E-state index contributed by atoms with van der Waals surface area (Å²) in [7, 11) is 0. The lowest BCUT2D eigenvalue weighted by molar-refractivity contribution is 0.305. The second-order valence-electron chi connectivity index (χ2n) is 4.50. The average molecular weight is 317 g/mol. The highest BCUT2D eigenvalue weighted by molar-refractivity contribution is 7.18. The van der Waals surface area contributed by atoms with Crippen LogP contribution in [-0.2, 0) is 6.54 Å². The van der Waals surface area contributed by atoms with Gasteiger partial charge in [0, 0.05) is 24.9 Å². The predicted molar refractivity (Wildman–Crippen MR) is 82.8 cm³/mol. The summed E-state index contributed by atoms with van der Waals surface area (Å²) in [5.41, 5.74) is 1.73. The van der Waals surface area contributed by atoms with Crippen molar-refractivity contribution in [1.29, 1.82) is 0 Å². The van der Waals surface area contributed by atoms with Crippen LogP contribution >= 0.6 is 11.3 Å². The summed E-state index contributed by atoms with van der Waals surface area (Å²) in [6, 6.07) is 5.60. The van der Waals surface area contributed by atoms with Crippen molar-refractivity contribution in [3.63, 3.8) is 0 Å². The molecule has 3 rings (SSSR count). The number of hydrogen-bond donors (Lipinski definition) is 1. The number of rotatable bonds is 7. The zero-order chi connectivity index (χ0) is 15.2. The molecule has 0 radical (unpaired) electrons. The highest BCUT2D eigenvalue weighted by atomic mass is 32.1. The molecular weight excluding hydrogens is 302 g/mol. The first kappa shape index (κ1) is 14.5. The Bertz CT molecular complexity index is 696. The first-order valence-electron chi connectivity index (χ1n) is 6.91. The van der Waals surface area contributed by atoms with E-state index in [1.165, 1.54) is 17.6 Å². The van der Waals surface area contributed by atoms with Gasteiger partial charge in [-0.3, -0.25) is 0 Å². The summed E-state index contributed by atoms with van der Waals surface area (Å²) in [4.78, 5) is 4.26. The smallest absolute Gasteiger partial charge is 0.213 e. The third-order valence-electron chi connectivity index (χ3n) is 2.78. The molecule has 0 aliphatic carbocycles. The van der Waals surface area contributed by atoms with E-state index in [-0.39, 0.29) is 0 Å². The van der Waals surface area contributed by atoms with E-state index in [4.69, 9.17) is 9.26 Å². The molecule has 0 spiro atoms. The summed E-state index contributed by atoms with van der Waals surface area (Å²) in [5.74, 6) is 0.648. The van der Waals surface area contributed by atoms with Crippen LogP contribution in [0.1, 0.15) is 18.9 Å². The molecular formula is C14H15N5O2S. The zero-order valence-corrected chi connectivity index (χ0v) is 12.8. The molecule has 8 heteroatoms. The second kappa shape index (κ2) is 6.99. The number of aromatic nitrogens is 4. The lowest BCUT2D eigenvalue weighted by atomic mass is 10.3. The fourth-order valence-corrected chi connectivity index (χ4v) is 2.41. The topological polar surface area (TPSA) is 86.0 Å². The summed E-state index contributed by atoms with van der Waals surface area (Å²) >= 11 is 1.42. The minimum absolute atomic E-state index is 0.620. The largest absolute Gasteiger partial charge is 0.478 e. The Morgan fingerprint density at radius 1 is 1.27 bits per heavy atom. The van der Waals surface area contributed by atoms with Gasteiger partial charge < -0.3 is 14.6 Å². The fraction of sp³-hybridized carbons (Fsp3) is 0.286. The molecule has 0 atom stereocenters. The molecule has 7 nitrogen and oxygen atoms in total. The number of nitrogens with one attached hydrogen (secondary N) is 1. The van der Waals surface area contributed by atoms with Crippen molar-refractivity contribution in [2.24, 2.45) is 0 Å². The Morgan fingerprint density at radius 3 is 2.95 bits per heavy atom. The van der Waals surface area contributed by atoms with E-state index >= 15 is 0 Å². The van der Waals surface area contributed by atoms with Gasteiger partial charge in [0.2, 0.25) is 11.0 Å². The molecule has 1 N–H and O–H groups in total. The molecule has 0 bridgehead atoms. The van der Waals surface area contributed by atoms with Crippen molar-refractivity contribution in [1.82, 2.24) is 20.3 Å². The maximum absolute atomic E-state index is 5.45. The van der Waals surface area contributed by atoms with Gasteiger partial charge in [0.05, 0.1) is 6.61 Å². The fourth-order valence-electron chi connectivity index (χ4n) is 1.71. The van der Waals surface area contributed by atoms with Crippen LogP contribution in [0.25, 0.3) is 10.7 Å². The Kier molecular flexibility index (Phi) is 4.59. The SMILES string of the molecule is CCCOc1ccc(CNc2nnc(-c3ccon3)s2)cn1. The quantitative estimate of drug-likeness (QED) is 0.717. The van der Waals surface area contributed by atoms with Crippen molar-refractivity contribution >= 4 is 16.5 Å². The lowest BCUT2D eigenvalue weighted by Crippen LogP contribution is -2.01. The minimum atomic E-state index is 0.620. The van der Waals surface area contributed by atoms with Gasteiger partial charge in [-0.25, -0.2) is 4.98 Å². The second-order valence-corrected chi connectivity index (χ2v) is 5.48. The first-order valence-corrected chi connectivity index (χ1v) is 7.72. The molecule has 114 valence electrons. The van der Waals surface area contributed by atoms with Gasteiger partial charge in [-0.05, 0) is 12.0 Å². The number of hydrogen-bond acceptors (Lipinski definition) is 8. The standard InChI is InChI=1S/C14H15N5O2S/c1-2-6-20-12-4-3-10(8-15-12)9-16-14-18-17-13(22-14)11-5-7-21-19-11/h3-5,7-8H,2,6,9H2,1H3,(H,16,18). The van der Waals surface area contributed by atoms with Gasteiger partial charge in [-0.15, -0.1) is 10.2 Å². The van der Waals surface area contributed by atoms with Crippen LogP contribution in [0.4, 0.5) is 5.13 Å². The first-order chi connectivity index (χ1) is 10.8. The molecule has 0 aromatic carbocycles. The maximum atomic E-state index is 5.45. The van der Waals surface area contributed by atoms with Crippen molar-refractivity contribution in [3.05, 3.63) is 36.2 Å². The summed E-state index contributed by atoms with van der Waals surface area (Å²) in [5, 5.41) is 16.6. The zero-order valence-electron chi connectivity index (χ0n) is 12.0. The Hall–Kier alpha value is -2.48. The molecule has 3 heterocycles. The molecule has 22 heavy (non-hydrogen) atoms. The predicted octanol–water partition coefficient (Wildman–Crippen LogP) is 2.99. The normalized spacial score (nSPS) is 10.6. The van der Waals surface area contributed by atoms with E-state index in [1.54, 1.807) is 12.3 Å². The highest BCUT2D eigenvalue weighted by Gasteiger charge is 2.09. The number of ether oxygens (including phenoxy) is 1. The van der Waals surface area contributed by atoms with E-state index in [9.17, 15) is 0 Å². The molecule has 0 aliphatic heterocycles. The van der Waals surface area contributed by atoms with Gasteiger partial charge in [-0.2, -0.15) is 0 Å². The molecule has 0 fully saturated rings. The van der Waals surface area contributed by atoms with Crippen LogP contribution in [0, 0.1) is 0 Å². The average Bonchev–Trinajstić information content (AvgIpc) is 3.23. The molecule has 3 aromatic rings. The monoisotopic (exact) mass is 317 g/mol. The lowest BCUT2D eigenvalue weighted by Gasteiger charge is -2.05. The number of anilines is 1. The van der Waals surface area contributed by atoms with E-state index < -0.39 is 0 Å². The third-order valence-corrected chi connectivity index (χ3v) is 3.68. The van der Waals surface area contributed by atoms with Gasteiger partial charge in [0.1, 0.15) is 12.0 Å². The van der Waals surface area contributed by atoms with Gasteiger partial charge in [0.15, 0.2) is 5.01 Å². The van der Waals surface area contributed by atoms with Crippen molar-refractivity contribution in [2.45, 2.75) is 19.9 Å². The Balaban J connectivity index is 1.56. The van der Waals surface area contributed by atoms with Crippen LogP contribution in [0.5, 0.6) is 5.88 Å². The van der Waals surface area contributed by atoms with Crippen LogP contribution in [0.15, 0.2) is 35.2 Å². The van der Waals surface area contributed by atoms with Crippen LogP contribution < -0.4 is 10.1 Å². The van der Waals surface area contributed by atoms with E-state index in [0.29, 0.717) is 24.7 Å². The molecule has 3 aromatic heterocycles. The van der Waals surface area contributed by atoms with E-state index in [2.05, 4.69) is 32.6 Å². The number of nitrogens with zero attached hydrogens (tertiary/aromatic N) is 4. The van der Waals surface area contributed by atoms with Crippen LogP contribution in [-0.4, -0.2) is 26.9 Å². The minimum Gasteiger partial charge on any atom is -0.478 e.